The summed E-state index contributed by atoms with van der Waals surface area (Å²) in [6, 6.07) is 0. The Morgan fingerprint density at radius 3 is 1.93 bits per heavy atom. The van der Waals surface area contributed by atoms with Crippen molar-refractivity contribution in [2.24, 2.45) is 0 Å². The molecule has 2 aliphatic rings. The van der Waals surface area contributed by atoms with Gasteiger partial charge in [-0.1, -0.05) is 11.1 Å². The summed E-state index contributed by atoms with van der Waals surface area (Å²) in [5.41, 5.74) is 3.07. The molecule has 0 aromatic carbocycles. The first-order valence-corrected chi connectivity index (χ1v) is 5.65. The second kappa shape index (κ2) is 4.26. The Kier molecular flexibility index (Phi) is 3.02. The predicted octanol–water partition coefficient (Wildman–Crippen LogP) is 2.36. The monoisotopic (exact) mass is 194 g/mol. The molecule has 0 bridgehead atoms. The molecular weight excluding hydrogens is 176 g/mol. The highest BCUT2D eigenvalue weighted by molar-refractivity contribution is 5.80. The fourth-order valence-electron chi connectivity index (χ4n) is 2.49. The number of rotatable bonds is 0. The first-order valence-electron chi connectivity index (χ1n) is 5.65. The highest BCUT2D eigenvalue weighted by Crippen LogP contribution is 2.32. The zero-order chi connectivity index (χ0) is 9.97. The van der Waals surface area contributed by atoms with E-state index in [0.29, 0.717) is 5.78 Å². The van der Waals surface area contributed by atoms with Crippen LogP contribution < -0.4 is 0 Å². The second-order valence-electron chi connectivity index (χ2n) is 4.48. The maximum Gasteiger partial charge on any atom is 0.133 e. The Labute approximate surface area is 85.0 Å². The lowest BCUT2D eigenvalue weighted by molar-refractivity contribution is -0.119. The van der Waals surface area contributed by atoms with Crippen molar-refractivity contribution in [1.82, 2.24) is 0 Å². The SMILES string of the molecule is O=C1CCC(=C2CCC(O)CC2)CC1. The van der Waals surface area contributed by atoms with E-state index in [1.165, 1.54) is 5.57 Å². The molecular formula is C12H18O2. The predicted molar refractivity (Wildman–Crippen MR) is 55.0 cm³/mol. The highest BCUT2D eigenvalue weighted by atomic mass is 16.3. The van der Waals surface area contributed by atoms with Crippen LogP contribution in [0.3, 0.4) is 0 Å². The van der Waals surface area contributed by atoms with Gasteiger partial charge in [0, 0.05) is 12.8 Å². The van der Waals surface area contributed by atoms with Crippen molar-refractivity contribution in [1.29, 1.82) is 0 Å². The average Bonchev–Trinajstić information content (AvgIpc) is 2.21. The number of hydrogen-bond donors (Lipinski definition) is 1. The molecule has 0 saturated heterocycles. The minimum absolute atomic E-state index is 0.0791. The maximum atomic E-state index is 11.1. The van der Waals surface area contributed by atoms with Gasteiger partial charge in [-0.25, -0.2) is 0 Å². The fourth-order valence-corrected chi connectivity index (χ4v) is 2.49. The highest BCUT2D eigenvalue weighted by Gasteiger charge is 2.20. The van der Waals surface area contributed by atoms with Crippen molar-refractivity contribution in [3.8, 4) is 0 Å². The molecule has 14 heavy (non-hydrogen) atoms. The van der Waals surface area contributed by atoms with Gasteiger partial charge in [0.05, 0.1) is 6.10 Å². The largest absolute Gasteiger partial charge is 0.393 e. The molecule has 2 nitrogen and oxygen atoms in total. The number of ketones is 1. The third-order valence-corrected chi connectivity index (χ3v) is 3.47. The topological polar surface area (TPSA) is 37.3 Å². The van der Waals surface area contributed by atoms with Gasteiger partial charge in [0.25, 0.3) is 0 Å². The number of allylic oxidation sites excluding steroid dienone is 2. The zero-order valence-electron chi connectivity index (χ0n) is 8.59. The molecule has 0 aromatic heterocycles. The molecule has 2 saturated carbocycles. The van der Waals surface area contributed by atoms with Crippen LogP contribution in [0.4, 0.5) is 0 Å². The molecule has 2 aliphatic carbocycles. The van der Waals surface area contributed by atoms with Gasteiger partial charge in [-0.3, -0.25) is 4.79 Å². The van der Waals surface area contributed by atoms with E-state index in [2.05, 4.69) is 0 Å². The molecule has 0 radical (unpaired) electrons. The van der Waals surface area contributed by atoms with Crippen LogP contribution in [0.15, 0.2) is 11.1 Å². The van der Waals surface area contributed by atoms with Crippen LogP contribution in [0.2, 0.25) is 0 Å². The normalized spacial score (nSPS) is 29.5. The van der Waals surface area contributed by atoms with Crippen molar-refractivity contribution >= 4 is 5.78 Å². The van der Waals surface area contributed by atoms with Crippen molar-refractivity contribution in [2.45, 2.75) is 57.5 Å². The van der Waals surface area contributed by atoms with Crippen LogP contribution in [0.1, 0.15) is 51.4 Å². The van der Waals surface area contributed by atoms with Gasteiger partial charge in [-0.15, -0.1) is 0 Å². The molecule has 0 amide bonds. The van der Waals surface area contributed by atoms with E-state index in [1.807, 2.05) is 0 Å². The van der Waals surface area contributed by atoms with Crippen LogP contribution in [0.5, 0.6) is 0 Å². The second-order valence-corrected chi connectivity index (χ2v) is 4.48. The lowest BCUT2D eigenvalue weighted by Crippen LogP contribution is -2.15. The van der Waals surface area contributed by atoms with Gasteiger partial charge in [0.15, 0.2) is 0 Å². The number of Topliss-reactive ketones (excluding diaryl/α,β-unsaturated/α-hetero) is 1. The van der Waals surface area contributed by atoms with Crippen molar-refractivity contribution in [3.05, 3.63) is 11.1 Å². The lowest BCUT2D eigenvalue weighted by Gasteiger charge is -2.24. The summed E-state index contributed by atoms with van der Waals surface area (Å²) in [6.45, 7) is 0. The third-order valence-electron chi connectivity index (χ3n) is 3.47. The number of carbonyl (C=O) groups is 1. The summed E-state index contributed by atoms with van der Waals surface area (Å²) in [7, 11) is 0. The molecule has 2 fully saturated rings. The molecule has 0 unspecified atom stereocenters. The average molecular weight is 194 g/mol. The van der Waals surface area contributed by atoms with Gasteiger partial charge in [0.1, 0.15) is 5.78 Å². The Hall–Kier alpha value is -0.630. The van der Waals surface area contributed by atoms with Gasteiger partial charge >= 0.3 is 0 Å². The van der Waals surface area contributed by atoms with E-state index >= 15 is 0 Å². The Morgan fingerprint density at radius 2 is 1.36 bits per heavy atom. The van der Waals surface area contributed by atoms with Crippen molar-refractivity contribution in [3.63, 3.8) is 0 Å². The molecule has 78 valence electrons. The third kappa shape index (κ3) is 2.24. The molecule has 2 rings (SSSR count). The van der Waals surface area contributed by atoms with Crippen LogP contribution in [0.25, 0.3) is 0 Å². The Morgan fingerprint density at radius 1 is 0.857 bits per heavy atom. The van der Waals surface area contributed by atoms with Gasteiger partial charge in [0.2, 0.25) is 0 Å². The van der Waals surface area contributed by atoms with Gasteiger partial charge in [-0.05, 0) is 38.5 Å². The first kappa shape index (κ1) is 9.91. The summed E-state index contributed by atoms with van der Waals surface area (Å²) in [6.07, 6.45) is 7.37. The van der Waals surface area contributed by atoms with Gasteiger partial charge in [-0.2, -0.15) is 0 Å². The Balaban J connectivity index is 1.98. The number of aliphatic hydroxyl groups excluding tert-OH is 1. The minimum atomic E-state index is -0.0791. The number of aliphatic hydroxyl groups is 1. The molecule has 0 spiro atoms. The standard InChI is InChI=1S/C12H18O2/c13-11-5-1-9(2-6-11)10-3-7-12(14)8-4-10/h11,13H,1-8H2. The quantitative estimate of drug-likeness (QED) is 0.601. The summed E-state index contributed by atoms with van der Waals surface area (Å²) in [5.74, 6) is 0.421. The summed E-state index contributed by atoms with van der Waals surface area (Å²) in [5, 5.41) is 9.39. The van der Waals surface area contributed by atoms with Crippen molar-refractivity contribution in [2.75, 3.05) is 0 Å². The summed E-state index contributed by atoms with van der Waals surface area (Å²) < 4.78 is 0. The number of carbonyl (C=O) groups excluding carboxylic acids is 1. The molecule has 0 atom stereocenters. The van der Waals surface area contributed by atoms with E-state index < -0.39 is 0 Å². The molecule has 0 aliphatic heterocycles. The van der Waals surface area contributed by atoms with Crippen molar-refractivity contribution < 1.29 is 9.90 Å². The smallest absolute Gasteiger partial charge is 0.133 e. The van der Waals surface area contributed by atoms with E-state index in [0.717, 1.165) is 51.4 Å². The number of hydrogen-bond acceptors (Lipinski definition) is 2. The molecule has 0 heterocycles. The summed E-state index contributed by atoms with van der Waals surface area (Å²) in [4.78, 5) is 11.1. The van der Waals surface area contributed by atoms with Crippen LogP contribution in [-0.2, 0) is 4.79 Å². The fraction of sp³-hybridized carbons (Fsp3) is 0.750. The minimum Gasteiger partial charge on any atom is -0.393 e. The van der Waals surface area contributed by atoms with Crippen LogP contribution in [0, 0.1) is 0 Å². The lowest BCUT2D eigenvalue weighted by atomic mass is 9.83. The van der Waals surface area contributed by atoms with E-state index in [4.69, 9.17) is 0 Å². The zero-order valence-corrected chi connectivity index (χ0v) is 8.59. The van der Waals surface area contributed by atoms with Crippen LogP contribution >= 0.6 is 0 Å². The van der Waals surface area contributed by atoms with E-state index in [1.54, 1.807) is 5.57 Å². The molecule has 1 N–H and O–H groups in total. The Bertz CT molecular complexity index is 243. The maximum absolute atomic E-state index is 11.1. The van der Waals surface area contributed by atoms with Crippen LogP contribution in [-0.4, -0.2) is 17.0 Å². The molecule has 0 aromatic rings. The molecule has 2 heteroatoms. The van der Waals surface area contributed by atoms with E-state index in [9.17, 15) is 9.90 Å². The van der Waals surface area contributed by atoms with Gasteiger partial charge < -0.3 is 5.11 Å². The summed E-state index contributed by atoms with van der Waals surface area (Å²) >= 11 is 0. The first-order chi connectivity index (χ1) is 6.75. The van der Waals surface area contributed by atoms with E-state index in [-0.39, 0.29) is 6.10 Å².